The highest BCUT2D eigenvalue weighted by molar-refractivity contribution is 7.89. The van der Waals surface area contributed by atoms with Crippen LogP contribution in [0.2, 0.25) is 0 Å². The second kappa shape index (κ2) is 6.68. The van der Waals surface area contributed by atoms with E-state index in [-0.39, 0.29) is 21.7 Å². The summed E-state index contributed by atoms with van der Waals surface area (Å²) in [6, 6.07) is 13.8. The summed E-state index contributed by atoms with van der Waals surface area (Å²) in [5.41, 5.74) is 1.06. The maximum absolute atomic E-state index is 12.6. The van der Waals surface area contributed by atoms with Crippen molar-refractivity contribution >= 4 is 38.8 Å². The molecule has 2 aromatic carbocycles. The maximum atomic E-state index is 12.6. The van der Waals surface area contributed by atoms with Crippen molar-refractivity contribution in [2.45, 2.75) is 4.90 Å². The zero-order valence-corrected chi connectivity index (χ0v) is 14.9. The van der Waals surface area contributed by atoms with Crippen molar-refractivity contribution in [3.63, 3.8) is 0 Å². The van der Waals surface area contributed by atoms with Crippen LogP contribution in [0.3, 0.4) is 0 Å². The Balaban J connectivity index is 1.97. The zero-order valence-electron chi connectivity index (χ0n) is 14.1. The molecule has 0 aliphatic carbocycles. The number of nitriles is 1. The molecule has 0 saturated heterocycles. The summed E-state index contributed by atoms with van der Waals surface area (Å²) in [5.74, 6) is -1.22. The largest absolute Gasteiger partial charge is 0.321 e. The minimum Gasteiger partial charge on any atom is -0.321 e. The number of nitrogens with two attached hydrogens (primary N) is 1. The number of carbonyl (C=O) groups is 2. The molecule has 0 atom stereocenters. The fourth-order valence-corrected chi connectivity index (χ4v) is 3.27. The van der Waals surface area contributed by atoms with Crippen LogP contribution in [0, 0.1) is 11.3 Å². The van der Waals surface area contributed by atoms with E-state index in [4.69, 9.17) is 5.14 Å². The van der Waals surface area contributed by atoms with Crippen molar-refractivity contribution < 1.29 is 18.0 Å². The Morgan fingerprint density at radius 1 is 1.15 bits per heavy atom. The molecule has 3 rings (SSSR count). The monoisotopic (exact) mass is 382 g/mol. The van der Waals surface area contributed by atoms with E-state index in [1.165, 1.54) is 29.2 Å². The lowest BCUT2D eigenvalue weighted by molar-refractivity contribution is -0.114. The average molecular weight is 382 g/mol. The average Bonchev–Trinajstić information content (AvgIpc) is 2.88. The second-order valence-electron chi connectivity index (χ2n) is 5.77. The zero-order chi connectivity index (χ0) is 19.8. The number of hydrogen-bond donors (Lipinski definition) is 2. The molecule has 136 valence electrons. The normalized spacial score (nSPS) is 15.1. The molecule has 0 saturated carbocycles. The number of para-hydroxylation sites is 1. The number of primary sulfonamides is 1. The quantitative estimate of drug-likeness (QED) is 0.608. The first kappa shape index (κ1) is 18.3. The van der Waals surface area contributed by atoms with Crippen molar-refractivity contribution in [1.82, 2.24) is 0 Å². The Morgan fingerprint density at radius 3 is 2.37 bits per heavy atom. The van der Waals surface area contributed by atoms with Crippen LogP contribution in [0.15, 0.2) is 59.0 Å². The molecule has 9 heteroatoms. The third-order valence-corrected chi connectivity index (χ3v) is 5.01. The second-order valence-corrected chi connectivity index (χ2v) is 7.33. The molecule has 1 heterocycles. The SMILES string of the molecule is CN1C(=O)/C(=C(\C#N)C(=O)Nc2ccc(S(N)(=O)=O)cc2)c2ccccc21. The maximum Gasteiger partial charge on any atom is 0.267 e. The van der Waals surface area contributed by atoms with E-state index in [1.807, 2.05) is 0 Å². The van der Waals surface area contributed by atoms with Crippen molar-refractivity contribution in [3.8, 4) is 6.07 Å². The first-order chi connectivity index (χ1) is 12.7. The minimum absolute atomic E-state index is 0.0225. The lowest BCUT2D eigenvalue weighted by atomic mass is 10.0. The molecule has 0 spiro atoms. The van der Waals surface area contributed by atoms with Crippen LogP contribution in [0.4, 0.5) is 11.4 Å². The highest BCUT2D eigenvalue weighted by atomic mass is 32.2. The van der Waals surface area contributed by atoms with Gasteiger partial charge in [-0.3, -0.25) is 9.59 Å². The summed E-state index contributed by atoms with van der Waals surface area (Å²) in [4.78, 5) is 26.4. The fourth-order valence-electron chi connectivity index (χ4n) is 2.75. The van der Waals surface area contributed by atoms with Gasteiger partial charge in [-0.1, -0.05) is 18.2 Å². The molecular formula is C18H14N4O4S. The number of benzene rings is 2. The molecule has 0 aromatic heterocycles. The minimum atomic E-state index is -3.85. The predicted octanol–water partition coefficient (Wildman–Crippen LogP) is 1.23. The molecule has 1 aliphatic rings. The number of fused-ring (bicyclic) bond motifs is 1. The topological polar surface area (TPSA) is 133 Å². The van der Waals surface area contributed by atoms with Gasteiger partial charge in [-0.15, -0.1) is 0 Å². The number of amides is 2. The van der Waals surface area contributed by atoms with Crippen LogP contribution < -0.4 is 15.4 Å². The van der Waals surface area contributed by atoms with Gasteiger partial charge in [0.1, 0.15) is 11.6 Å². The van der Waals surface area contributed by atoms with E-state index >= 15 is 0 Å². The van der Waals surface area contributed by atoms with E-state index in [0.717, 1.165) is 0 Å². The van der Waals surface area contributed by atoms with Gasteiger partial charge in [0.15, 0.2) is 0 Å². The smallest absolute Gasteiger partial charge is 0.267 e. The van der Waals surface area contributed by atoms with Gasteiger partial charge in [0, 0.05) is 18.3 Å². The van der Waals surface area contributed by atoms with Crippen LogP contribution in [-0.2, 0) is 19.6 Å². The van der Waals surface area contributed by atoms with Gasteiger partial charge in [0.25, 0.3) is 11.8 Å². The van der Waals surface area contributed by atoms with Crippen LogP contribution in [0.5, 0.6) is 0 Å². The van der Waals surface area contributed by atoms with Crippen molar-refractivity contribution in [2.24, 2.45) is 5.14 Å². The molecule has 8 nitrogen and oxygen atoms in total. The number of nitrogens with zero attached hydrogens (tertiary/aromatic N) is 2. The molecule has 3 N–H and O–H groups in total. The Bertz CT molecular complexity index is 1130. The molecule has 0 unspecified atom stereocenters. The Kier molecular flexibility index (Phi) is 4.53. The van der Waals surface area contributed by atoms with Crippen molar-refractivity contribution in [1.29, 1.82) is 5.26 Å². The van der Waals surface area contributed by atoms with E-state index < -0.39 is 21.8 Å². The number of carbonyl (C=O) groups excluding carboxylic acids is 2. The summed E-state index contributed by atoms with van der Waals surface area (Å²) in [5, 5.41) is 17.0. The fraction of sp³-hybridized carbons (Fsp3) is 0.0556. The number of sulfonamides is 1. The highest BCUT2D eigenvalue weighted by Gasteiger charge is 2.34. The number of nitrogens with one attached hydrogen (secondary N) is 1. The molecule has 2 amide bonds. The first-order valence-electron chi connectivity index (χ1n) is 7.70. The molecular weight excluding hydrogens is 368 g/mol. The molecule has 0 bridgehead atoms. The third-order valence-electron chi connectivity index (χ3n) is 4.08. The van der Waals surface area contributed by atoms with E-state index in [9.17, 15) is 23.3 Å². The summed E-state index contributed by atoms with van der Waals surface area (Å²) in [6.07, 6.45) is 0. The highest BCUT2D eigenvalue weighted by Crippen LogP contribution is 2.37. The molecule has 1 aliphatic heterocycles. The van der Waals surface area contributed by atoms with Crippen molar-refractivity contribution in [2.75, 3.05) is 17.3 Å². The van der Waals surface area contributed by atoms with Crippen LogP contribution in [0.25, 0.3) is 5.57 Å². The lowest BCUT2D eigenvalue weighted by Gasteiger charge is -2.08. The number of likely N-dealkylation sites (N-methyl/N-ethyl adjacent to an activating group) is 1. The van der Waals surface area contributed by atoms with Gasteiger partial charge < -0.3 is 10.2 Å². The summed E-state index contributed by atoms with van der Waals surface area (Å²) in [6.45, 7) is 0. The lowest BCUT2D eigenvalue weighted by Crippen LogP contribution is -2.23. The van der Waals surface area contributed by atoms with E-state index in [0.29, 0.717) is 11.3 Å². The Hall–Kier alpha value is -3.48. The standard InChI is InChI=1S/C18H14N4O4S/c1-22-15-5-3-2-4-13(15)16(18(22)24)14(10-19)17(23)21-11-6-8-12(9-7-11)27(20,25)26/h2-9H,1H3,(H,21,23)(H2,20,25,26)/b16-14+. The predicted molar refractivity (Wildman–Crippen MR) is 98.8 cm³/mol. The van der Waals surface area contributed by atoms with Crippen LogP contribution >= 0.6 is 0 Å². The summed E-state index contributed by atoms with van der Waals surface area (Å²) in [7, 11) is -2.29. The Morgan fingerprint density at radius 2 is 1.78 bits per heavy atom. The van der Waals surface area contributed by atoms with Gasteiger partial charge in [-0.05, 0) is 30.3 Å². The van der Waals surface area contributed by atoms with E-state index in [1.54, 1.807) is 37.4 Å². The summed E-state index contributed by atoms with van der Waals surface area (Å²) < 4.78 is 22.6. The summed E-state index contributed by atoms with van der Waals surface area (Å²) >= 11 is 0. The first-order valence-corrected chi connectivity index (χ1v) is 9.24. The molecule has 2 aromatic rings. The number of anilines is 2. The Labute approximate surface area is 155 Å². The van der Waals surface area contributed by atoms with Gasteiger partial charge >= 0.3 is 0 Å². The van der Waals surface area contributed by atoms with E-state index in [2.05, 4.69) is 5.32 Å². The molecule has 0 radical (unpaired) electrons. The number of hydrogen-bond acceptors (Lipinski definition) is 5. The van der Waals surface area contributed by atoms with Crippen molar-refractivity contribution in [3.05, 3.63) is 59.7 Å². The van der Waals surface area contributed by atoms with Gasteiger partial charge in [0.2, 0.25) is 10.0 Å². The van der Waals surface area contributed by atoms with Gasteiger partial charge in [-0.25, -0.2) is 13.6 Å². The molecule has 27 heavy (non-hydrogen) atoms. The van der Waals surface area contributed by atoms with Crippen LogP contribution in [-0.4, -0.2) is 27.3 Å². The third kappa shape index (κ3) is 3.31. The van der Waals surface area contributed by atoms with Gasteiger partial charge in [-0.2, -0.15) is 5.26 Å². The van der Waals surface area contributed by atoms with Gasteiger partial charge in [0.05, 0.1) is 16.2 Å². The van der Waals surface area contributed by atoms with Crippen LogP contribution in [0.1, 0.15) is 5.56 Å². The number of rotatable bonds is 3. The molecule has 0 fully saturated rings.